The van der Waals surface area contributed by atoms with Crippen molar-refractivity contribution in [3.63, 3.8) is 0 Å². The van der Waals surface area contributed by atoms with E-state index in [1.807, 2.05) is 0 Å². The van der Waals surface area contributed by atoms with Crippen LogP contribution >= 0.6 is 0 Å². The summed E-state index contributed by atoms with van der Waals surface area (Å²) in [5.41, 5.74) is 1.42. The van der Waals surface area contributed by atoms with E-state index in [0.29, 0.717) is 5.92 Å². The zero-order valence-corrected chi connectivity index (χ0v) is 11.0. The second kappa shape index (κ2) is 6.88. The van der Waals surface area contributed by atoms with Crippen molar-refractivity contribution >= 4 is 6.29 Å². The molecule has 0 saturated heterocycles. The molecule has 16 heavy (non-hydrogen) atoms. The minimum absolute atomic E-state index is 0.190. The number of aldehydes is 1. The second-order valence-electron chi connectivity index (χ2n) is 5.29. The molecule has 1 nitrogen and oxygen atoms in total. The molecule has 0 heterocycles. The Kier molecular flexibility index (Phi) is 5.79. The van der Waals surface area contributed by atoms with E-state index in [-0.39, 0.29) is 5.92 Å². The van der Waals surface area contributed by atoms with E-state index in [0.717, 1.165) is 5.92 Å². The van der Waals surface area contributed by atoms with E-state index in [1.54, 1.807) is 0 Å². The Balaban J connectivity index is 2.71. The van der Waals surface area contributed by atoms with E-state index in [1.165, 1.54) is 50.4 Å². The highest BCUT2D eigenvalue weighted by Gasteiger charge is 2.30. The van der Waals surface area contributed by atoms with Gasteiger partial charge in [-0.15, -0.1) is 0 Å². The van der Waals surface area contributed by atoms with Gasteiger partial charge in [0.15, 0.2) is 0 Å². The molecule has 0 aliphatic heterocycles. The van der Waals surface area contributed by atoms with E-state index in [9.17, 15) is 4.79 Å². The summed E-state index contributed by atoms with van der Waals surface area (Å²) in [7, 11) is 0. The Hall–Kier alpha value is -0.590. The third-order valence-electron chi connectivity index (χ3n) is 3.87. The fourth-order valence-corrected chi connectivity index (χ4v) is 3.08. The predicted molar refractivity (Wildman–Crippen MR) is 69.3 cm³/mol. The fourth-order valence-electron chi connectivity index (χ4n) is 3.08. The van der Waals surface area contributed by atoms with Gasteiger partial charge in [-0.25, -0.2) is 0 Å². The Morgan fingerprint density at radius 2 is 2.06 bits per heavy atom. The molecule has 3 atom stereocenters. The van der Waals surface area contributed by atoms with Crippen LogP contribution in [0.4, 0.5) is 0 Å². The minimum atomic E-state index is 0.190. The SMILES string of the molecule is CCCCC1CC(C)=CC(C=O)C1CCC. The quantitative estimate of drug-likeness (QED) is 0.481. The summed E-state index contributed by atoms with van der Waals surface area (Å²) in [5.74, 6) is 1.55. The first kappa shape index (κ1) is 13.5. The smallest absolute Gasteiger partial charge is 0.127 e. The van der Waals surface area contributed by atoms with Crippen LogP contribution in [-0.4, -0.2) is 6.29 Å². The molecule has 0 spiro atoms. The van der Waals surface area contributed by atoms with Gasteiger partial charge in [-0.1, -0.05) is 44.8 Å². The van der Waals surface area contributed by atoms with Crippen molar-refractivity contribution in [1.29, 1.82) is 0 Å². The van der Waals surface area contributed by atoms with Crippen LogP contribution in [0.2, 0.25) is 0 Å². The van der Waals surface area contributed by atoms with Gasteiger partial charge in [0.05, 0.1) is 0 Å². The van der Waals surface area contributed by atoms with Crippen molar-refractivity contribution in [3.05, 3.63) is 11.6 Å². The fraction of sp³-hybridized carbons (Fsp3) is 0.800. The number of hydrogen-bond acceptors (Lipinski definition) is 1. The van der Waals surface area contributed by atoms with Crippen LogP contribution in [0.25, 0.3) is 0 Å². The van der Waals surface area contributed by atoms with Crippen molar-refractivity contribution in [3.8, 4) is 0 Å². The third-order valence-corrected chi connectivity index (χ3v) is 3.87. The number of carbonyl (C=O) groups is 1. The molecule has 1 aliphatic carbocycles. The molecule has 0 N–H and O–H groups in total. The first-order valence-corrected chi connectivity index (χ1v) is 6.85. The highest BCUT2D eigenvalue weighted by molar-refractivity contribution is 5.58. The van der Waals surface area contributed by atoms with E-state index < -0.39 is 0 Å². The Bertz CT molecular complexity index is 242. The molecule has 0 saturated carbocycles. The van der Waals surface area contributed by atoms with Crippen molar-refractivity contribution in [1.82, 2.24) is 0 Å². The molecular formula is C15H26O. The molecule has 1 aliphatic rings. The molecule has 0 aromatic rings. The molecule has 0 fully saturated rings. The predicted octanol–water partition coefficient (Wildman–Crippen LogP) is 4.37. The van der Waals surface area contributed by atoms with Gasteiger partial charge < -0.3 is 4.79 Å². The maximum Gasteiger partial charge on any atom is 0.127 e. The molecular weight excluding hydrogens is 196 g/mol. The number of carbonyl (C=O) groups excluding carboxylic acids is 1. The molecule has 0 amide bonds. The topological polar surface area (TPSA) is 17.1 Å². The Morgan fingerprint density at radius 1 is 1.31 bits per heavy atom. The van der Waals surface area contributed by atoms with Crippen LogP contribution in [0.3, 0.4) is 0 Å². The molecule has 0 aromatic carbocycles. The van der Waals surface area contributed by atoms with Crippen LogP contribution < -0.4 is 0 Å². The first-order chi connectivity index (χ1) is 7.72. The van der Waals surface area contributed by atoms with Crippen LogP contribution in [0, 0.1) is 17.8 Å². The molecule has 92 valence electrons. The number of rotatable bonds is 6. The number of hydrogen-bond donors (Lipinski definition) is 0. The molecule has 0 aromatic heterocycles. The van der Waals surface area contributed by atoms with Gasteiger partial charge in [-0.2, -0.15) is 0 Å². The first-order valence-electron chi connectivity index (χ1n) is 6.85. The van der Waals surface area contributed by atoms with Gasteiger partial charge in [0.1, 0.15) is 6.29 Å². The summed E-state index contributed by atoms with van der Waals surface area (Å²) in [5, 5.41) is 0. The van der Waals surface area contributed by atoms with Crippen LogP contribution in [-0.2, 0) is 4.79 Å². The zero-order chi connectivity index (χ0) is 12.0. The molecule has 1 heteroatoms. The van der Waals surface area contributed by atoms with Crippen molar-refractivity contribution < 1.29 is 4.79 Å². The number of unbranched alkanes of at least 4 members (excludes halogenated alkanes) is 1. The standard InChI is InChI=1S/C15H26O/c1-4-6-8-13-9-12(3)10-14(11-16)15(13)7-5-2/h10-11,13-15H,4-9H2,1-3H3. The van der Waals surface area contributed by atoms with Gasteiger partial charge >= 0.3 is 0 Å². The van der Waals surface area contributed by atoms with Gasteiger partial charge in [0.2, 0.25) is 0 Å². The van der Waals surface area contributed by atoms with Crippen LogP contribution in [0.5, 0.6) is 0 Å². The van der Waals surface area contributed by atoms with Gasteiger partial charge in [0, 0.05) is 5.92 Å². The molecule has 0 bridgehead atoms. The molecule has 3 unspecified atom stereocenters. The summed E-state index contributed by atoms with van der Waals surface area (Å²) < 4.78 is 0. The second-order valence-corrected chi connectivity index (χ2v) is 5.29. The minimum Gasteiger partial charge on any atom is -0.303 e. The normalized spacial score (nSPS) is 29.9. The largest absolute Gasteiger partial charge is 0.303 e. The number of allylic oxidation sites excluding steroid dienone is 2. The molecule has 0 radical (unpaired) electrons. The van der Waals surface area contributed by atoms with Gasteiger partial charge in [-0.3, -0.25) is 0 Å². The van der Waals surface area contributed by atoms with E-state index in [4.69, 9.17) is 0 Å². The third kappa shape index (κ3) is 3.47. The lowest BCUT2D eigenvalue weighted by Gasteiger charge is -2.34. The van der Waals surface area contributed by atoms with Crippen LogP contribution in [0.1, 0.15) is 59.3 Å². The summed E-state index contributed by atoms with van der Waals surface area (Å²) in [6.07, 6.45) is 10.9. The van der Waals surface area contributed by atoms with E-state index >= 15 is 0 Å². The van der Waals surface area contributed by atoms with Crippen molar-refractivity contribution in [2.75, 3.05) is 0 Å². The summed E-state index contributed by atoms with van der Waals surface area (Å²) in [6.45, 7) is 6.65. The lowest BCUT2D eigenvalue weighted by atomic mass is 9.70. The lowest BCUT2D eigenvalue weighted by molar-refractivity contribution is -0.112. The summed E-state index contributed by atoms with van der Waals surface area (Å²) in [6, 6.07) is 0. The molecule has 1 rings (SSSR count). The maximum absolute atomic E-state index is 11.2. The van der Waals surface area contributed by atoms with Crippen LogP contribution in [0.15, 0.2) is 11.6 Å². The summed E-state index contributed by atoms with van der Waals surface area (Å²) in [4.78, 5) is 11.2. The van der Waals surface area contributed by atoms with Crippen molar-refractivity contribution in [2.24, 2.45) is 17.8 Å². The maximum atomic E-state index is 11.2. The Labute approximate surface area is 100 Å². The Morgan fingerprint density at radius 3 is 2.62 bits per heavy atom. The van der Waals surface area contributed by atoms with E-state index in [2.05, 4.69) is 26.8 Å². The monoisotopic (exact) mass is 222 g/mol. The van der Waals surface area contributed by atoms with Crippen molar-refractivity contribution in [2.45, 2.75) is 59.3 Å². The summed E-state index contributed by atoms with van der Waals surface area (Å²) >= 11 is 0. The van der Waals surface area contributed by atoms with Gasteiger partial charge in [0.25, 0.3) is 0 Å². The average molecular weight is 222 g/mol. The zero-order valence-electron chi connectivity index (χ0n) is 11.0. The van der Waals surface area contributed by atoms with Gasteiger partial charge in [-0.05, 0) is 38.0 Å². The highest BCUT2D eigenvalue weighted by atomic mass is 16.1. The highest BCUT2D eigenvalue weighted by Crippen LogP contribution is 2.38. The lowest BCUT2D eigenvalue weighted by Crippen LogP contribution is -2.27. The average Bonchev–Trinajstić information content (AvgIpc) is 2.29.